The molecule has 36 heavy (non-hydrogen) atoms. The third-order valence-electron chi connectivity index (χ3n) is 6.41. The molecule has 1 aliphatic rings. The Labute approximate surface area is 218 Å². The molecule has 0 saturated heterocycles. The summed E-state index contributed by atoms with van der Waals surface area (Å²) in [6.45, 7) is 8.81. The first-order valence-corrected chi connectivity index (χ1v) is 13.9. The molecule has 1 atom stereocenters. The first-order chi connectivity index (χ1) is 17.3. The lowest BCUT2D eigenvalue weighted by atomic mass is 9.96. The van der Waals surface area contributed by atoms with Crippen LogP contribution in [-0.4, -0.2) is 27.3 Å². The Kier molecular flexibility index (Phi) is 7.01. The van der Waals surface area contributed by atoms with Crippen molar-refractivity contribution in [1.82, 2.24) is 9.55 Å². The molecule has 1 amide bonds. The quantitative estimate of drug-likeness (QED) is 0.254. The number of hydrogen-bond donors (Lipinski definition) is 1. The Morgan fingerprint density at radius 2 is 1.81 bits per heavy atom. The van der Waals surface area contributed by atoms with E-state index in [4.69, 9.17) is 9.72 Å². The van der Waals surface area contributed by atoms with Crippen LogP contribution in [0.25, 0.3) is 15.9 Å². The molecule has 1 aliphatic heterocycles. The molecule has 0 bridgehead atoms. The molecule has 5 rings (SSSR count). The monoisotopic (exact) mass is 519 g/mol. The predicted molar refractivity (Wildman–Crippen MR) is 148 cm³/mol. The summed E-state index contributed by atoms with van der Waals surface area (Å²) < 4.78 is 7.70. The van der Waals surface area contributed by atoms with Gasteiger partial charge in [0.05, 0.1) is 29.5 Å². The number of aromatic nitrogens is 2. The molecular formula is C28H29N3O3S2. The van der Waals surface area contributed by atoms with Crippen molar-refractivity contribution in [1.29, 1.82) is 0 Å². The maximum Gasteiger partial charge on any atom is 0.267 e. The van der Waals surface area contributed by atoms with Gasteiger partial charge in [-0.3, -0.25) is 14.2 Å². The summed E-state index contributed by atoms with van der Waals surface area (Å²) in [6, 6.07) is 15.5. The van der Waals surface area contributed by atoms with E-state index in [0.29, 0.717) is 34.3 Å². The lowest BCUT2D eigenvalue weighted by Gasteiger charge is -2.26. The lowest BCUT2D eigenvalue weighted by Crippen LogP contribution is -2.28. The molecule has 0 radical (unpaired) electrons. The van der Waals surface area contributed by atoms with E-state index in [1.165, 1.54) is 23.1 Å². The fourth-order valence-corrected chi connectivity index (χ4v) is 6.30. The Morgan fingerprint density at radius 1 is 1.14 bits per heavy atom. The first kappa shape index (κ1) is 24.7. The van der Waals surface area contributed by atoms with Crippen molar-refractivity contribution in [2.75, 3.05) is 11.1 Å². The molecule has 186 valence electrons. The van der Waals surface area contributed by atoms with Crippen LogP contribution < -0.4 is 10.9 Å². The van der Waals surface area contributed by atoms with Gasteiger partial charge in [0.25, 0.3) is 5.56 Å². The largest absolute Gasteiger partial charge is 0.372 e. The Balaban J connectivity index is 1.52. The second-order valence-electron chi connectivity index (χ2n) is 9.55. The zero-order chi connectivity index (χ0) is 25.4. The van der Waals surface area contributed by atoms with Gasteiger partial charge in [-0.2, -0.15) is 0 Å². The van der Waals surface area contributed by atoms with Gasteiger partial charge in [0, 0.05) is 17.0 Å². The van der Waals surface area contributed by atoms with Crippen LogP contribution in [0.2, 0.25) is 0 Å². The van der Waals surface area contributed by atoms with E-state index in [0.717, 1.165) is 32.9 Å². The predicted octanol–water partition coefficient (Wildman–Crippen LogP) is 5.89. The molecule has 1 N–H and O–H groups in total. The second kappa shape index (κ2) is 10.2. The van der Waals surface area contributed by atoms with Crippen molar-refractivity contribution in [2.45, 2.75) is 52.0 Å². The van der Waals surface area contributed by atoms with Crippen molar-refractivity contribution < 1.29 is 9.53 Å². The van der Waals surface area contributed by atoms with E-state index in [1.54, 1.807) is 4.57 Å². The highest BCUT2D eigenvalue weighted by molar-refractivity contribution is 7.99. The van der Waals surface area contributed by atoms with E-state index in [2.05, 4.69) is 19.2 Å². The summed E-state index contributed by atoms with van der Waals surface area (Å²) in [6.07, 6.45) is 0.797. The normalized spacial score (nSPS) is 15.3. The number of anilines is 1. The molecule has 8 heteroatoms. The summed E-state index contributed by atoms with van der Waals surface area (Å²) in [7, 11) is 0. The SMILES string of the molecule is Cc1ccc(NC(=O)CSc2nc3sc4c(c3c(=O)n2-c2ccc(C)cc2)CC(C(C)C)OC4)cc1. The number of fused-ring (bicyclic) bond motifs is 3. The number of amides is 1. The smallest absolute Gasteiger partial charge is 0.267 e. The van der Waals surface area contributed by atoms with Crippen molar-refractivity contribution in [3.8, 4) is 5.69 Å². The highest BCUT2D eigenvalue weighted by Crippen LogP contribution is 2.36. The molecule has 0 spiro atoms. The number of thiophene rings is 1. The summed E-state index contributed by atoms with van der Waals surface area (Å²) in [5.74, 6) is 0.357. The van der Waals surface area contributed by atoms with Gasteiger partial charge in [-0.15, -0.1) is 11.3 Å². The highest BCUT2D eigenvalue weighted by atomic mass is 32.2. The molecule has 4 aromatic rings. The molecular weight excluding hydrogens is 490 g/mol. The van der Waals surface area contributed by atoms with Crippen LogP contribution in [0.3, 0.4) is 0 Å². The van der Waals surface area contributed by atoms with E-state index in [1.807, 2.05) is 62.4 Å². The maximum absolute atomic E-state index is 14.0. The van der Waals surface area contributed by atoms with Gasteiger partial charge in [0.1, 0.15) is 4.83 Å². The average molecular weight is 520 g/mol. The van der Waals surface area contributed by atoms with E-state index in [9.17, 15) is 9.59 Å². The minimum atomic E-state index is -0.146. The van der Waals surface area contributed by atoms with Crippen LogP contribution in [0, 0.1) is 19.8 Å². The number of thioether (sulfide) groups is 1. The van der Waals surface area contributed by atoms with Crippen LogP contribution in [0.1, 0.15) is 35.4 Å². The van der Waals surface area contributed by atoms with Crippen molar-refractivity contribution in [3.63, 3.8) is 0 Å². The van der Waals surface area contributed by atoms with Crippen LogP contribution in [-0.2, 0) is 22.6 Å². The van der Waals surface area contributed by atoms with Gasteiger partial charge in [-0.05, 0) is 49.6 Å². The molecule has 0 aliphatic carbocycles. The summed E-state index contributed by atoms with van der Waals surface area (Å²) in [5.41, 5.74) is 4.70. The topological polar surface area (TPSA) is 73.2 Å². The number of nitrogens with zero attached hydrogens (tertiary/aromatic N) is 2. The fraction of sp³-hybridized carbons (Fsp3) is 0.321. The zero-order valence-corrected chi connectivity index (χ0v) is 22.5. The second-order valence-corrected chi connectivity index (χ2v) is 11.6. The lowest BCUT2D eigenvalue weighted by molar-refractivity contribution is -0.113. The summed E-state index contributed by atoms with van der Waals surface area (Å²) in [5, 5.41) is 4.11. The van der Waals surface area contributed by atoms with Crippen molar-refractivity contribution >= 4 is 44.9 Å². The number of rotatable bonds is 6. The Bertz CT molecular complexity index is 1470. The molecule has 1 unspecified atom stereocenters. The van der Waals surface area contributed by atoms with Gasteiger partial charge in [0.2, 0.25) is 5.91 Å². The minimum absolute atomic E-state index is 0.0852. The molecule has 6 nitrogen and oxygen atoms in total. The van der Waals surface area contributed by atoms with Gasteiger partial charge in [-0.1, -0.05) is 61.0 Å². The van der Waals surface area contributed by atoms with Crippen molar-refractivity contribution in [2.24, 2.45) is 5.92 Å². The van der Waals surface area contributed by atoms with E-state index in [-0.39, 0.29) is 23.3 Å². The number of aryl methyl sites for hydroxylation is 2. The Hall–Kier alpha value is -2.94. The number of hydrogen-bond acceptors (Lipinski definition) is 6. The van der Waals surface area contributed by atoms with Crippen molar-refractivity contribution in [3.05, 3.63) is 80.5 Å². The molecule has 2 aromatic heterocycles. The van der Waals surface area contributed by atoms with Crippen LogP contribution in [0.5, 0.6) is 0 Å². The minimum Gasteiger partial charge on any atom is -0.372 e. The highest BCUT2D eigenvalue weighted by Gasteiger charge is 2.29. The third-order valence-corrected chi connectivity index (χ3v) is 8.45. The Morgan fingerprint density at radius 3 is 2.47 bits per heavy atom. The number of carbonyl (C=O) groups excluding carboxylic acids is 1. The van der Waals surface area contributed by atoms with Crippen LogP contribution in [0.15, 0.2) is 58.5 Å². The van der Waals surface area contributed by atoms with Gasteiger partial charge in [0.15, 0.2) is 5.16 Å². The van der Waals surface area contributed by atoms with Gasteiger partial charge in [-0.25, -0.2) is 4.98 Å². The van der Waals surface area contributed by atoms with E-state index >= 15 is 0 Å². The summed E-state index contributed by atoms with van der Waals surface area (Å²) >= 11 is 2.80. The molecule has 0 fully saturated rings. The third kappa shape index (κ3) is 4.98. The van der Waals surface area contributed by atoms with Gasteiger partial charge < -0.3 is 10.1 Å². The average Bonchev–Trinajstić information content (AvgIpc) is 3.23. The molecule has 0 saturated carbocycles. The number of nitrogens with one attached hydrogen (secondary N) is 1. The number of carbonyl (C=O) groups is 1. The fourth-order valence-electron chi connectivity index (χ4n) is 4.32. The summed E-state index contributed by atoms with van der Waals surface area (Å²) in [4.78, 5) is 33.4. The standard InChI is InChI=1S/C28H29N3O3S2/c1-16(2)22-13-21-23(14-34-22)36-26-25(21)27(33)31(20-11-7-18(4)8-12-20)28(30-26)35-15-24(32)29-19-9-5-17(3)6-10-19/h5-12,16,22H,13-15H2,1-4H3,(H,29,32). The molecule has 2 aromatic carbocycles. The maximum atomic E-state index is 14.0. The molecule has 3 heterocycles. The van der Waals surface area contributed by atoms with Crippen LogP contribution in [0.4, 0.5) is 5.69 Å². The van der Waals surface area contributed by atoms with Crippen LogP contribution >= 0.6 is 23.1 Å². The first-order valence-electron chi connectivity index (χ1n) is 12.1. The number of benzene rings is 2. The number of ether oxygens (including phenoxy) is 1. The van der Waals surface area contributed by atoms with Gasteiger partial charge >= 0.3 is 0 Å². The van der Waals surface area contributed by atoms with E-state index < -0.39 is 0 Å². The zero-order valence-electron chi connectivity index (χ0n) is 20.8.